The van der Waals surface area contributed by atoms with Crippen LogP contribution in [0.15, 0.2) is 12.4 Å². The van der Waals surface area contributed by atoms with E-state index < -0.39 is 0 Å². The van der Waals surface area contributed by atoms with Crippen molar-refractivity contribution in [2.45, 2.75) is 51.5 Å². The maximum atomic E-state index is 12.2. The van der Waals surface area contributed by atoms with Crippen LogP contribution in [0.1, 0.15) is 56.4 Å². The smallest absolute Gasteiger partial charge is 0.271 e. The number of aromatic nitrogens is 2. The summed E-state index contributed by atoms with van der Waals surface area (Å²) >= 11 is 0. The van der Waals surface area contributed by atoms with Gasteiger partial charge in [0.2, 0.25) is 0 Å². The van der Waals surface area contributed by atoms with Crippen LogP contribution in [0.5, 0.6) is 0 Å². The SMILES string of the molecule is CCCNc1cncc(C(=O)NC2(C)CCCC2)n1. The number of anilines is 1. The maximum Gasteiger partial charge on any atom is 0.271 e. The third-order valence-corrected chi connectivity index (χ3v) is 3.55. The van der Waals surface area contributed by atoms with Crippen molar-refractivity contribution in [2.24, 2.45) is 0 Å². The largest absolute Gasteiger partial charge is 0.369 e. The fourth-order valence-corrected chi connectivity index (χ4v) is 2.43. The van der Waals surface area contributed by atoms with Crippen molar-refractivity contribution in [1.82, 2.24) is 15.3 Å². The van der Waals surface area contributed by atoms with Crippen molar-refractivity contribution in [3.05, 3.63) is 18.1 Å². The van der Waals surface area contributed by atoms with Gasteiger partial charge in [0, 0.05) is 12.1 Å². The van der Waals surface area contributed by atoms with Gasteiger partial charge in [-0.3, -0.25) is 9.78 Å². The molecule has 0 saturated heterocycles. The average molecular weight is 262 g/mol. The molecule has 1 aromatic rings. The van der Waals surface area contributed by atoms with E-state index in [-0.39, 0.29) is 11.4 Å². The molecule has 1 aliphatic rings. The topological polar surface area (TPSA) is 66.9 Å². The van der Waals surface area contributed by atoms with Crippen LogP contribution in [0.25, 0.3) is 0 Å². The van der Waals surface area contributed by atoms with E-state index in [1.807, 2.05) is 0 Å². The van der Waals surface area contributed by atoms with Gasteiger partial charge in [-0.1, -0.05) is 19.8 Å². The van der Waals surface area contributed by atoms with Crippen LogP contribution >= 0.6 is 0 Å². The summed E-state index contributed by atoms with van der Waals surface area (Å²) in [5.74, 6) is 0.531. The number of nitrogens with one attached hydrogen (secondary N) is 2. The van der Waals surface area contributed by atoms with Gasteiger partial charge in [0.05, 0.1) is 12.4 Å². The Balaban J connectivity index is 2.02. The van der Waals surface area contributed by atoms with Crippen molar-refractivity contribution < 1.29 is 4.79 Å². The van der Waals surface area contributed by atoms with E-state index in [4.69, 9.17) is 0 Å². The van der Waals surface area contributed by atoms with Crippen LogP contribution < -0.4 is 10.6 Å². The molecule has 2 rings (SSSR count). The van der Waals surface area contributed by atoms with Crippen LogP contribution in [0.2, 0.25) is 0 Å². The van der Waals surface area contributed by atoms with Crippen molar-refractivity contribution in [2.75, 3.05) is 11.9 Å². The number of carbonyl (C=O) groups excluding carboxylic acids is 1. The first-order valence-electron chi connectivity index (χ1n) is 7.01. The molecule has 2 N–H and O–H groups in total. The molecule has 104 valence electrons. The molecule has 1 aliphatic carbocycles. The highest BCUT2D eigenvalue weighted by atomic mass is 16.2. The van der Waals surface area contributed by atoms with Crippen LogP contribution in [0.4, 0.5) is 5.82 Å². The number of hydrogen-bond donors (Lipinski definition) is 2. The summed E-state index contributed by atoms with van der Waals surface area (Å²) in [6.45, 7) is 5.01. The predicted octanol–water partition coefficient (Wildman–Crippen LogP) is 2.36. The summed E-state index contributed by atoms with van der Waals surface area (Å²) in [5, 5.41) is 6.22. The number of carbonyl (C=O) groups is 1. The van der Waals surface area contributed by atoms with Gasteiger partial charge >= 0.3 is 0 Å². The van der Waals surface area contributed by atoms with Gasteiger partial charge < -0.3 is 10.6 Å². The Morgan fingerprint density at radius 1 is 1.37 bits per heavy atom. The molecule has 0 aromatic carbocycles. The Morgan fingerprint density at radius 2 is 2.11 bits per heavy atom. The molecular weight excluding hydrogens is 240 g/mol. The highest BCUT2D eigenvalue weighted by Gasteiger charge is 2.30. The Kier molecular flexibility index (Phi) is 4.35. The standard InChI is InChI=1S/C14H22N4O/c1-3-8-16-12-10-15-9-11(17-12)13(19)18-14(2)6-4-5-7-14/h9-10H,3-8H2,1-2H3,(H,16,17)(H,18,19). The van der Waals surface area contributed by atoms with Gasteiger partial charge in [-0.25, -0.2) is 4.98 Å². The molecule has 0 radical (unpaired) electrons. The second kappa shape index (κ2) is 5.99. The Hall–Kier alpha value is -1.65. The summed E-state index contributed by atoms with van der Waals surface area (Å²) in [4.78, 5) is 20.6. The summed E-state index contributed by atoms with van der Waals surface area (Å²) in [6, 6.07) is 0. The molecule has 0 bridgehead atoms. The molecule has 19 heavy (non-hydrogen) atoms. The molecule has 1 fully saturated rings. The van der Waals surface area contributed by atoms with Crippen LogP contribution in [-0.2, 0) is 0 Å². The number of rotatable bonds is 5. The van der Waals surface area contributed by atoms with E-state index in [1.165, 1.54) is 19.0 Å². The van der Waals surface area contributed by atoms with Crippen molar-refractivity contribution in [3.8, 4) is 0 Å². The van der Waals surface area contributed by atoms with Crippen LogP contribution in [0.3, 0.4) is 0 Å². The number of hydrogen-bond acceptors (Lipinski definition) is 4. The normalized spacial score (nSPS) is 17.2. The third-order valence-electron chi connectivity index (χ3n) is 3.55. The molecule has 0 aliphatic heterocycles. The van der Waals surface area contributed by atoms with Crippen LogP contribution in [-0.4, -0.2) is 28.0 Å². The first-order chi connectivity index (χ1) is 9.13. The third kappa shape index (κ3) is 3.66. The monoisotopic (exact) mass is 262 g/mol. The van der Waals surface area contributed by atoms with Crippen molar-refractivity contribution in [1.29, 1.82) is 0 Å². The highest BCUT2D eigenvalue weighted by Crippen LogP contribution is 2.29. The minimum atomic E-state index is -0.128. The zero-order valence-electron chi connectivity index (χ0n) is 11.7. The lowest BCUT2D eigenvalue weighted by molar-refractivity contribution is 0.0902. The summed E-state index contributed by atoms with van der Waals surface area (Å²) in [7, 11) is 0. The minimum absolute atomic E-state index is 0.0778. The van der Waals surface area contributed by atoms with E-state index >= 15 is 0 Å². The molecule has 0 unspecified atom stereocenters. The Labute approximate surface area is 114 Å². The Morgan fingerprint density at radius 3 is 2.79 bits per heavy atom. The number of amides is 1. The second-order valence-electron chi connectivity index (χ2n) is 5.44. The maximum absolute atomic E-state index is 12.2. The summed E-state index contributed by atoms with van der Waals surface area (Å²) in [5.41, 5.74) is 0.306. The van der Waals surface area contributed by atoms with E-state index in [9.17, 15) is 4.79 Å². The fraction of sp³-hybridized carbons (Fsp3) is 0.643. The van der Waals surface area contributed by atoms with E-state index in [2.05, 4.69) is 34.4 Å². The van der Waals surface area contributed by atoms with Crippen molar-refractivity contribution >= 4 is 11.7 Å². The molecule has 1 heterocycles. The van der Waals surface area contributed by atoms with Gasteiger partial charge in [-0.2, -0.15) is 0 Å². The zero-order chi connectivity index (χ0) is 13.7. The lowest BCUT2D eigenvalue weighted by atomic mass is 10.0. The summed E-state index contributed by atoms with van der Waals surface area (Å²) in [6.07, 6.45) is 8.62. The van der Waals surface area contributed by atoms with E-state index in [0.717, 1.165) is 25.8 Å². The van der Waals surface area contributed by atoms with Gasteiger partial charge in [0.15, 0.2) is 0 Å². The first-order valence-corrected chi connectivity index (χ1v) is 7.01. The molecule has 1 amide bonds. The molecule has 1 saturated carbocycles. The minimum Gasteiger partial charge on any atom is -0.369 e. The van der Waals surface area contributed by atoms with E-state index in [0.29, 0.717) is 11.5 Å². The molecule has 0 atom stereocenters. The fourth-order valence-electron chi connectivity index (χ4n) is 2.43. The zero-order valence-corrected chi connectivity index (χ0v) is 11.7. The van der Waals surface area contributed by atoms with Gasteiger partial charge in [0.1, 0.15) is 11.5 Å². The van der Waals surface area contributed by atoms with Gasteiger partial charge in [-0.15, -0.1) is 0 Å². The lowest BCUT2D eigenvalue weighted by Crippen LogP contribution is -2.43. The molecule has 5 heteroatoms. The van der Waals surface area contributed by atoms with E-state index in [1.54, 1.807) is 6.20 Å². The van der Waals surface area contributed by atoms with Crippen molar-refractivity contribution in [3.63, 3.8) is 0 Å². The first kappa shape index (κ1) is 13.8. The van der Waals surface area contributed by atoms with Gasteiger partial charge in [-0.05, 0) is 26.2 Å². The quantitative estimate of drug-likeness (QED) is 0.855. The predicted molar refractivity (Wildman–Crippen MR) is 75.2 cm³/mol. The Bertz CT molecular complexity index is 441. The number of nitrogens with zero attached hydrogens (tertiary/aromatic N) is 2. The van der Waals surface area contributed by atoms with Crippen LogP contribution in [0, 0.1) is 0 Å². The van der Waals surface area contributed by atoms with Gasteiger partial charge in [0.25, 0.3) is 5.91 Å². The second-order valence-corrected chi connectivity index (χ2v) is 5.44. The highest BCUT2D eigenvalue weighted by molar-refractivity contribution is 5.92. The molecule has 0 spiro atoms. The molecule has 1 aromatic heterocycles. The lowest BCUT2D eigenvalue weighted by Gasteiger charge is -2.24. The average Bonchev–Trinajstić information content (AvgIpc) is 2.83. The molecule has 5 nitrogen and oxygen atoms in total. The molecular formula is C14H22N4O. The summed E-state index contributed by atoms with van der Waals surface area (Å²) < 4.78 is 0.